The van der Waals surface area contributed by atoms with Gasteiger partial charge in [0.1, 0.15) is 6.04 Å². The first kappa shape index (κ1) is 24.8. The van der Waals surface area contributed by atoms with E-state index in [1.807, 2.05) is 0 Å². The van der Waals surface area contributed by atoms with Gasteiger partial charge < -0.3 is 5.11 Å². The lowest BCUT2D eigenvalue weighted by atomic mass is 10.1. The molecule has 0 saturated heterocycles. The molecule has 0 aliphatic carbocycles. The smallest absolute Gasteiger partial charge is 0.448 e. The summed E-state index contributed by atoms with van der Waals surface area (Å²) in [6.45, 7) is 0. The predicted molar refractivity (Wildman–Crippen MR) is 83.8 cm³/mol. The molecule has 0 aromatic heterocycles. The zero-order valence-electron chi connectivity index (χ0n) is 12.9. The van der Waals surface area contributed by atoms with E-state index in [1.165, 1.54) is 6.07 Å². The first-order chi connectivity index (χ1) is 12.4. The summed E-state index contributed by atoms with van der Waals surface area (Å²) in [5, 5.41) is 2.38. The highest BCUT2D eigenvalue weighted by Gasteiger charge is 2.73. The largest absolute Gasteiger partial charge is 0.480 e. The average Bonchev–Trinajstić information content (AvgIpc) is 2.50. The van der Waals surface area contributed by atoms with Crippen LogP contribution < -0.4 is 4.72 Å². The van der Waals surface area contributed by atoms with Crippen molar-refractivity contribution >= 4 is 38.6 Å². The molecule has 1 aromatic rings. The molecule has 0 aliphatic heterocycles. The summed E-state index contributed by atoms with van der Waals surface area (Å²) >= 11 is -0.385. The molecule has 1 atom stereocenters. The molecule has 0 radical (unpaired) electrons. The van der Waals surface area contributed by atoms with Crippen molar-refractivity contribution in [1.82, 2.24) is 4.72 Å². The molecule has 0 saturated carbocycles. The normalized spacial score (nSPS) is 15.3. The second kappa shape index (κ2) is 7.86. The van der Waals surface area contributed by atoms with Crippen molar-refractivity contribution in [2.24, 2.45) is 0 Å². The monoisotopic (exact) mass is 557 g/mol. The summed E-state index contributed by atoms with van der Waals surface area (Å²) in [6.07, 6.45) is -12.9. The van der Waals surface area contributed by atoms with Crippen molar-refractivity contribution < 1.29 is 58.2 Å². The number of benzene rings is 1. The van der Waals surface area contributed by atoms with Crippen LogP contribution in [-0.4, -0.2) is 40.9 Å². The van der Waals surface area contributed by atoms with E-state index in [-0.39, 0.29) is 22.6 Å². The van der Waals surface area contributed by atoms with Crippen LogP contribution in [0.4, 0.5) is 35.1 Å². The Hall–Kier alpha value is -1.27. The molecule has 160 valence electrons. The summed E-state index contributed by atoms with van der Waals surface area (Å²) in [5.41, 5.74) is -0.484. The number of carbonyl (C=O) groups is 1. The molecule has 0 heterocycles. The van der Waals surface area contributed by atoms with Gasteiger partial charge in [-0.1, -0.05) is 30.3 Å². The first-order valence-electron chi connectivity index (χ1n) is 6.56. The molecule has 2 N–H and O–H groups in total. The van der Waals surface area contributed by atoms with Crippen LogP contribution in [-0.2, 0) is 19.6 Å². The van der Waals surface area contributed by atoms with Crippen LogP contribution in [0.15, 0.2) is 30.3 Å². The minimum atomic E-state index is -6.75. The quantitative estimate of drug-likeness (QED) is 0.276. The molecular weight excluding hydrogens is 549 g/mol. The topological polar surface area (TPSA) is 92.7 Å². The van der Waals surface area contributed by atoms with Gasteiger partial charge in [-0.15, -0.1) is 0 Å². The number of rotatable bonds is 9. The van der Waals surface area contributed by atoms with Gasteiger partial charge in [0.05, 0.1) is 0 Å². The van der Waals surface area contributed by atoms with E-state index in [2.05, 4.69) is 4.74 Å². The molecule has 28 heavy (non-hydrogen) atoms. The molecule has 1 aromatic carbocycles. The number of alkyl halides is 9. The van der Waals surface area contributed by atoms with Gasteiger partial charge in [-0.3, -0.25) is 4.79 Å². The zero-order valence-corrected chi connectivity index (χ0v) is 15.8. The Bertz CT molecular complexity index is 815. The Morgan fingerprint density at radius 3 is 1.86 bits per heavy atom. The number of sulfonamides is 1. The number of aliphatic carboxylic acids is 1. The van der Waals surface area contributed by atoms with Gasteiger partial charge in [0.2, 0.25) is 0 Å². The lowest BCUT2D eigenvalue weighted by Crippen LogP contribution is -2.58. The molecule has 0 spiro atoms. The summed E-state index contributed by atoms with van der Waals surface area (Å²) < 4.78 is 126. The van der Waals surface area contributed by atoms with Crippen LogP contribution in [0.5, 0.6) is 0 Å². The Kier molecular flexibility index (Phi) is 6.96. The fourth-order valence-corrected chi connectivity index (χ4v) is 2.73. The van der Waals surface area contributed by atoms with Crippen molar-refractivity contribution in [2.75, 3.05) is 0 Å². The highest BCUT2D eigenvalue weighted by Crippen LogP contribution is 2.49. The standard InChI is InChI=1S/C12H8F8INO5S/c13-9(14,21)10(15,16)27-11(17,18)12(19,20)28(25,26)22-7(8(23)24)6-4-2-1-3-5-6/h1-5,7,22H,(H,23,24). The van der Waals surface area contributed by atoms with Crippen molar-refractivity contribution in [1.29, 1.82) is 0 Å². The summed E-state index contributed by atoms with van der Waals surface area (Å²) in [5.74, 6) is -2.11. The lowest BCUT2D eigenvalue weighted by Gasteiger charge is -2.31. The molecular formula is C12H8F8INO5S. The highest BCUT2D eigenvalue weighted by atomic mass is 127. The van der Waals surface area contributed by atoms with Gasteiger partial charge in [0, 0.05) is 22.6 Å². The van der Waals surface area contributed by atoms with Crippen LogP contribution in [0.3, 0.4) is 0 Å². The maximum atomic E-state index is 13.7. The van der Waals surface area contributed by atoms with Gasteiger partial charge in [-0.05, 0) is 5.56 Å². The predicted octanol–water partition coefficient (Wildman–Crippen LogP) is 3.55. The fourth-order valence-electron chi connectivity index (χ4n) is 1.57. The van der Waals surface area contributed by atoms with Gasteiger partial charge in [-0.2, -0.15) is 39.8 Å². The number of hydrogen-bond donors (Lipinski definition) is 2. The Balaban J connectivity index is 3.27. The maximum Gasteiger partial charge on any atom is 0.448 e. The summed E-state index contributed by atoms with van der Waals surface area (Å²) in [4.78, 5) is 11.1. The molecule has 1 unspecified atom stereocenters. The molecule has 0 fully saturated rings. The third-order valence-corrected chi connectivity index (χ3v) is 5.00. The Morgan fingerprint density at radius 2 is 1.46 bits per heavy atom. The van der Waals surface area contributed by atoms with E-state index in [0.717, 1.165) is 24.3 Å². The van der Waals surface area contributed by atoms with E-state index in [9.17, 15) is 48.3 Å². The minimum Gasteiger partial charge on any atom is -0.480 e. The summed E-state index contributed by atoms with van der Waals surface area (Å²) in [6, 6.07) is 2.95. The second-order valence-electron chi connectivity index (χ2n) is 4.95. The lowest BCUT2D eigenvalue weighted by molar-refractivity contribution is -0.438. The Labute approximate surface area is 165 Å². The van der Waals surface area contributed by atoms with Crippen LogP contribution >= 0.6 is 22.6 Å². The molecule has 6 nitrogen and oxygen atoms in total. The third kappa shape index (κ3) is 5.01. The average molecular weight is 557 g/mol. The van der Waals surface area contributed by atoms with E-state index in [4.69, 9.17) is 5.11 Å². The van der Waals surface area contributed by atoms with Gasteiger partial charge in [-0.25, -0.2) is 13.2 Å². The van der Waals surface area contributed by atoms with E-state index in [1.54, 1.807) is 0 Å². The van der Waals surface area contributed by atoms with Crippen molar-refractivity contribution in [2.45, 2.75) is 27.4 Å². The Morgan fingerprint density at radius 1 is 1.00 bits per heavy atom. The van der Waals surface area contributed by atoms with Crippen LogP contribution in [0, 0.1) is 0 Å². The third-order valence-electron chi connectivity index (χ3n) is 2.92. The van der Waals surface area contributed by atoms with Crippen molar-refractivity contribution in [3.05, 3.63) is 35.9 Å². The van der Waals surface area contributed by atoms with E-state index >= 15 is 0 Å². The molecule has 0 amide bonds. The molecule has 0 bridgehead atoms. The van der Waals surface area contributed by atoms with Crippen molar-refractivity contribution in [3.63, 3.8) is 0 Å². The minimum absolute atomic E-state index is 0.385. The number of halogens is 9. The number of ether oxygens (including phenoxy) is 1. The van der Waals surface area contributed by atoms with Gasteiger partial charge >= 0.3 is 27.4 Å². The van der Waals surface area contributed by atoms with Gasteiger partial charge in [0.15, 0.2) is 0 Å². The zero-order chi connectivity index (χ0) is 22.2. The van der Waals surface area contributed by atoms with E-state index in [0.29, 0.717) is 4.72 Å². The van der Waals surface area contributed by atoms with Crippen LogP contribution in [0.25, 0.3) is 0 Å². The fraction of sp³-hybridized carbons (Fsp3) is 0.417. The summed E-state index contributed by atoms with van der Waals surface area (Å²) in [7, 11) is -6.75. The number of hydrogen-bond acceptors (Lipinski definition) is 4. The maximum absolute atomic E-state index is 13.7. The first-order valence-corrected chi connectivity index (χ1v) is 9.12. The van der Waals surface area contributed by atoms with E-state index < -0.39 is 49.0 Å². The number of carboxylic acid groups (broad SMARTS) is 1. The number of nitrogens with one attached hydrogen (secondary N) is 1. The molecule has 1 rings (SSSR count). The van der Waals surface area contributed by atoms with Gasteiger partial charge in [0.25, 0.3) is 10.0 Å². The SMILES string of the molecule is O=C(O)C(NS(=O)(=O)C(F)(F)C(F)(F)OC(F)(F)C(F)(F)I)c1ccccc1. The molecule has 16 heteroatoms. The van der Waals surface area contributed by atoms with Crippen LogP contribution in [0.2, 0.25) is 0 Å². The number of carboxylic acids is 1. The molecule has 0 aliphatic rings. The highest BCUT2D eigenvalue weighted by molar-refractivity contribution is 14.1. The second-order valence-corrected chi connectivity index (χ2v) is 8.06. The van der Waals surface area contributed by atoms with Crippen molar-refractivity contribution in [3.8, 4) is 0 Å². The van der Waals surface area contributed by atoms with Crippen LogP contribution in [0.1, 0.15) is 11.6 Å².